The van der Waals surface area contributed by atoms with Crippen LogP contribution in [0.15, 0.2) is 30.3 Å². The molecule has 1 aromatic carbocycles. The molecule has 0 spiro atoms. The minimum Gasteiger partial charge on any atom is -0.463 e. The third kappa shape index (κ3) is 5.35. The van der Waals surface area contributed by atoms with Crippen LogP contribution < -0.4 is 5.32 Å². The van der Waals surface area contributed by atoms with Crippen molar-refractivity contribution in [2.45, 2.75) is 64.3 Å². The summed E-state index contributed by atoms with van der Waals surface area (Å²) in [5, 5.41) is 3.71. The third-order valence-corrected chi connectivity index (χ3v) is 5.77. The molecule has 1 N–H and O–H groups in total. The zero-order valence-corrected chi connectivity index (χ0v) is 15.4. The zero-order chi connectivity index (χ0) is 17.5. The van der Waals surface area contributed by atoms with Crippen molar-refractivity contribution in [2.24, 2.45) is 11.8 Å². The van der Waals surface area contributed by atoms with Gasteiger partial charge in [0.1, 0.15) is 0 Å². The van der Waals surface area contributed by atoms with Crippen LogP contribution in [0.25, 0.3) is 6.08 Å². The summed E-state index contributed by atoms with van der Waals surface area (Å²) in [7, 11) is 0. The van der Waals surface area contributed by atoms with Gasteiger partial charge in [-0.1, -0.05) is 44.2 Å². The van der Waals surface area contributed by atoms with E-state index in [-0.39, 0.29) is 5.97 Å². The molecular formula is C22H31NO2. The maximum atomic E-state index is 11.4. The lowest BCUT2D eigenvalue weighted by Gasteiger charge is -2.27. The fraction of sp³-hybridized carbons (Fsp3) is 0.591. The van der Waals surface area contributed by atoms with Gasteiger partial charge in [0.15, 0.2) is 0 Å². The minimum absolute atomic E-state index is 0.288. The first kappa shape index (κ1) is 18.0. The zero-order valence-electron chi connectivity index (χ0n) is 15.4. The highest BCUT2D eigenvalue weighted by atomic mass is 16.5. The Morgan fingerprint density at radius 1 is 1.08 bits per heavy atom. The molecule has 3 rings (SSSR count). The van der Waals surface area contributed by atoms with Crippen LogP contribution in [0.4, 0.5) is 5.69 Å². The third-order valence-electron chi connectivity index (χ3n) is 5.77. The number of esters is 1. The van der Waals surface area contributed by atoms with Crippen LogP contribution >= 0.6 is 0 Å². The minimum atomic E-state index is -0.288. The lowest BCUT2D eigenvalue weighted by molar-refractivity contribution is -0.137. The number of ether oxygens (including phenoxy) is 1. The van der Waals surface area contributed by atoms with Crippen molar-refractivity contribution in [3.63, 3.8) is 0 Å². The Hall–Kier alpha value is -1.77. The predicted octanol–water partition coefficient (Wildman–Crippen LogP) is 5.42. The molecule has 2 fully saturated rings. The molecule has 2 aliphatic carbocycles. The molecule has 0 heterocycles. The first-order chi connectivity index (χ1) is 12.2. The first-order valence-corrected chi connectivity index (χ1v) is 9.96. The summed E-state index contributed by atoms with van der Waals surface area (Å²) in [5.74, 6) is 1.63. The molecule has 2 atom stereocenters. The summed E-state index contributed by atoms with van der Waals surface area (Å²) in [6.07, 6.45) is 14.6. The smallest absolute Gasteiger partial charge is 0.330 e. The molecule has 0 aromatic heterocycles. The monoisotopic (exact) mass is 341 g/mol. The topological polar surface area (TPSA) is 38.3 Å². The number of nitrogens with one attached hydrogen (secondary N) is 1. The first-order valence-electron chi connectivity index (χ1n) is 9.96. The summed E-state index contributed by atoms with van der Waals surface area (Å²) >= 11 is 0. The number of rotatable bonds is 6. The van der Waals surface area contributed by atoms with E-state index < -0.39 is 0 Å². The van der Waals surface area contributed by atoms with E-state index in [2.05, 4.69) is 17.4 Å². The van der Waals surface area contributed by atoms with Crippen molar-refractivity contribution in [3.05, 3.63) is 35.9 Å². The van der Waals surface area contributed by atoms with Crippen molar-refractivity contribution in [3.8, 4) is 0 Å². The number of anilines is 1. The SMILES string of the molecule is CCOC(=O)C=Cc1ccc(NC2CCC(C3CCCCC3)C2)cc1. The highest BCUT2D eigenvalue weighted by molar-refractivity contribution is 5.87. The molecule has 25 heavy (non-hydrogen) atoms. The van der Waals surface area contributed by atoms with E-state index in [4.69, 9.17) is 4.74 Å². The normalized spacial score (nSPS) is 24.5. The molecule has 2 unspecified atom stereocenters. The van der Waals surface area contributed by atoms with Crippen molar-refractivity contribution in [1.82, 2.24) is 0 Å². The van der Waals surface area contributed by atoms with Crippen LogP contribution in [0.1, 0.15) is 63.9 Å². The Labute approximate surface area is 151 Å². The standard InChI is InChI=1S/C22H31NO2/c1-2-25-22(24)15-10-17-8-12-20(13-9-17)23-21-14-11-19(16-21)18-6-4-3-5-7-18/h8-10,12-13,15,18-19,21,23H,2-7,11,14,16H2,1H3. The fourth-order valence-electron chi connectivity index (χ4n) is 4.46. The number of benzene rings is 1. The van der Waals surface area contributed by atoms with Gasteiger partial charge in [0, 0.05) is 17.8 Å². The van der Waals surface area contributed by atoms with Gasteiger partial charge in [-0.25, -0.2) is 4.79 Å². The number of hydrogen-bond acceptors (Lipinski definition) is 3. The van der Waals surface area contributed by atoms with Gasteiger partial charge in [0.2, 0.25) is 0 Å². The molecular weight excluding hydrogens is 310 g/mol. The molecule has 0 radical (unpaired) electrons. The maximum absolute atomic E-state index is 11.4. The van der Waals surface area contributed by atoms with Gasteiger partial charge >= 0.3 is 5.97 Å². The Kier molecular flexibility index (Phi) is 6.55. The van der Waals surface area contributed by atoms with Crippen LogP contribution in [-0.4, -0.2) is 18.6 Å². The molecule has 2 aliphatic rings. The molecule has 2 saturated carbocycles. The molecule has 0 bridgehead atoms. The molecule has 136 valence electrons. The van der Waals surface area contributed by atoms with Gasteiger partial charge in [-0.15, -0.1) is 0 Å². The quantitative estimate of drug-likeness (QED) is 0.554. The van der Waals surface area contributed by atoms with Crippen LogP contribution in [0.5, 0.6) is 0 Å². The van der Waals surface area contributed by atoms with E-state index in [1.54, 1.807) is 6.08 Å². The van der Waals surface area contributed by atoms with Crippen LogP contribution in [0, 0.1) is 11.8 Å². The molecule has 3 nitrogen and oxygen atoms in total. The van der Waals surface area contributed by atoms with E-state index in [0.29, 0.717) is 12.6 Å². The van der Waals surface area contributed by atoms with Crippen LogP contribution in [0.2, 0.25) is 0 Å². The Morgan fingerprint density at radius 3 is 2.56 bits per heavy atom. The average Bonchev–Trinajstić information content (AvgIpc) is 3.11. The molecule has 1 aromatic rings. The van der Waals surface area contributed by atoms with E-state index in [1.807, 2.05) is 19.1 Å². The number of hydrogen-bond donors (Lipinski definition) is 1. The van der Waals surface area contributed by atoms with E-state index in [9.17, 15) is 4.79 Å². The summed E-state index contributed by atoms with van der Waals surface area (Å²) in [5.41, 5.74) is 2.20. The van der Waals surface area contributed by atoms with Crippen molar-refractivity contribution in [1.29, 1.82) is 0 Å². The number of carbonyl (C=O) groups is 1. The van der Waals surface area contributed by atoms with Crippen LogP contribution in [0.3, 0.4) is 0 Å². The molecule has 0 amide bonds. The molecule has 0 saturated heterocycles. The van der Waals surface area contributed by atoms with Crippen LogP contribution in [-0.2, 0) is 9.53 Å². The molecule has 3 heteroatoms. The Balaban J connectivity index is 1.48. The van der Waals surface area contributed by atoms with Gasteiger partial charge < -0.3 is 10.1 Å². The van der Waals surface area contributed by atoms with E-state index in [0.717, 1.165) is 17.4 Å². The second-order valence-electron chi connectivity index (χ2n) is 7.52. The average molecular weight is 341 g/mol. The second-order valence-corrected chi connectivity index (χ2v) is 7.52. The van der Waals surface area contributed by atoms with Gasteiger partial charge in [-0.05, 0) is 61.8 Å². The highest BCUT2D eigenvalue weighted by Crippen LogP contribution is 2.40. The summed E-state index contributed by atoms with van der Waals surface area (Å²) in [4.78, 5) is 11.4. The maximum Gasteiger partial charge on any atom is 0.330 e. The summed E-state index contributed by atoms with van der Waals surface area (Å²) in [6.45, 7) is 2.23. The van der Waals surface area contributed by atoms with Gasteiger partial charge in [0.25, 0.3) is 0 Å². The fourth-order valence-corrected chi connectivity index (χ4v) is 4.46. The predicted molar refractivity (Wildman–Crippen MR) is 103 cm³/mol. The van der Waals surface area contributed by atoms with Crippen molar-refractivity contribution < 1.29 is 9.53 Å². The van der Waals surface area contributed by atoms with Gasteiger partial charge in [0.05, 0.1) is 6.61 Å². The Bertz CT molecular complexity index is 572. The van der Waals surface area contributed by atoms with Crippen molar-refractivity contribution >= 4 is 17.7 Å². The lowest BCUT2D eigenvalue weighted by atomic mass is 9.79. The second kappa shape index (κ2) is 9.07. The van der Waals surface area contributed by atoms with E-state index in [1.165, 1.54) is 63.1 Å². The summed E-state index contributed by atoms with van der Waals surface area (Å²) < 4.78 is 4.90. The highest BCUT2D eigenvalue weighted by Gasteiger charge is 2.31. The van der Waals surface area contributed by atoms with Gasteiger partial charge in [-0.2, -0.15) is 0 Å². The largest absolute Gasteiger partial charge is 0.463 e. The molecule has 0 aliphatic heterocycles. The van der Waals surface area contributed by atoms with E-state index >= 15 is 0 Å². The summed E-state index contributed by atoms with van der Waals surface area (Å²) in [6, 6.07) is 8.93. The Morgan fingerprint density at radius 2 is 1.84 bits per heavy atom. The van der Waals surface area contributed by atoms with Crippen molar-refractivity contribution in [2.75, 3.05) is 11.9 Å². The number of carbonyl (C=O) groups excluding carboxylic acids is 1. The van der Waals surface area contributed by atoms with Gasteiger partial charge in [-0.3, -0.25) is 0 Å². The lowest BCUT2D eigenvalue weighted by Crippen LogP contribution is -2.19.